The number of hydrogen-bond donors (Lipinski definition) is 1. The third kappa shape index (κ3) is 4.98. The number of aromatic amines is 1. The zero-order chi connectivity index (χ0) is 21.9. The Hall–Kier alpha value is -3.34. The molecule has 0 aliphatic heterocycles. The van der Waals surface area contributed by atoms with Crippen molar-refractivity contribution in [1.29, 1.82) is 5.26 Å². The molecule has 0 bridgehead atoms. The number of H-pyrrole nitrogens is 1. The first-order valence-corrected chi connectivity index (χ1v) is 9.15. The van der Waals surface area contributed by atoms with Crippen molar-refractivity contribution in [2.45, 2.75) is 39.2 Å². The number of rotatable bonds is 7. The van der Waals surface area contributed by atoms with Crippen LogP contribution in [0, 0.1) is 18.3 Å². The smallest absolute Gasteiger partial charge is 0.270 e. The lowest BCUT2D eigenvalue weighted by Gasteiger charge is -2.13. The van der Waals surface area contributed by atoms with Crippen LogP contribution in [-0.2, 0) is 19.0 Å². The molecule has 0 atom stereocenters. The summed E-state index contributed by atoms with van der Waals surface area (Å²) in [6.07, 6.45) is -3.01. The largest absolute Gasteiger partial charge is 0.489 e. The minimum atomic E-state index is -2.93. The first-order valence-electron chi connectivity index (χ1n) is 9.15. The number of hydrogen-bond acceptors (Lipinski definition) is 3. The number of nitriles is 1. The van der Waals surface area contributed by atoms with Crippen LogP contribution >= 0.6 is 0 Å². The van der Waals surface area contributed by atoms with Crippen molar-refractivity contribution in [2.75, 3.05) is 0 Å². The fraction of sp³-hybridized carbons (Fsp3) is 0.273. The summed E-state index contributed by atoms with van der Waals surface area (Å²) in [5, 5.41) is 15.9. The van der Waals surface area contributed by atoms with E-state index in [1.54, 1.807) is 19.1 Å². The van der Waals surface area contributed by atoms with Crippen LogP contribution < -0.4 is 4.74 Å². The van der Waals surface area contributed by atoms with Gasteiger partial charge in [0.25, 0.3) is 5.92 Å². The molecule has 0 saturated heterocycles. The Labute approximate surface area is 171 Å². The molecule has 156 valence electrons. The second-order valence-electron chi connectivity index (χ2n) is 7.02. The Bertz CT molecular complexity index is 1060. The summed E-state index contributed by atoms with van der Waals surface area (Å²) < 4.78 is 58.3. The highest BCUT2D eigenvalue weighted by molar-refractivity contribution is 5.73. The van der Waals surface area contributed by atoms with Gasteiger partial charge in [0.15, 0.2) is 5.69 Å². The van der Waals surface area contributed by atoms with Crippen LogP contribution in [0.5, 0.6) is 5.75 Å². The summed E-state index contributed by atoms with van der Waals surface area (Å²) in [6.45, 7) is 2.62. The minimum absolute atomic E-state index is 0.0720. The summed E-state index contributed by atoms with van der Waals surface area (Å²) in [5.74, 6) is -2.60. The van der Waals surface area contributed by atoms with Crippen molar-refractivity contribution < 1.29 is 22.3 Å². The number of benzene rings is 2. The van der Waals surface area contributed by atoms with E-state index < -0.39 is 18.8 Å². The zero-order valence-corrected chi connectivity index (χ0v) is 16.3. The van der Waals surface area contributed by atoms with Crippen LogP contribution in [0.25, 0.3) is 11.1 Å². The molecule has 1 N–H and O–H groups in total. The van der Waals surface area contributed by atoms with Gasteiger partial charge in [0, 0.05) is 30.2 Å². The molecule has 1 aromatic heterocycles. The second kappa shape index (κ2) is 8.57. The van der Waals surface area contributed by atoms with Gasteiger partial charge in [-0.05, 0) is 35.7 Å². The minimum Gasteiger partial charge on any atom is -0.489 e. The van der Waals surface area contributed by atoms with Gasteiger partial charge < -0.3 is 4.74 Å². The number of ether oxygens (including phenoxy) is 1. The van der Waals surface area contributed by atoms with Crippen LogP contribution in [-0.4, -0.2) is 16.6 Å². The van der Waals surface area contributed by atoms with Crippen molar-refractivity contribution in [1.82, 2.24) is 10.2 Å². The first kappa shape index (κ1) is 21.4. The summed E-state index contributed by atoms with van der Waals surface area (Å²) in [5.41, 5.74) is 2.74. The van der Waals surface area contributed by atoms with Crippen LogP contribution in [0.2, 0.25) is 0 Å². The molecule has 3 aromatic rings. The highest BCUT2D eigenvalue weighted by Crippen LogP contribution is 2.31. The number of nitrogens with zero attached hydrogens (tertiary/aromatic N) is 2. The maximum absolute atomic E-state index is 13.3. The molecule has 0 amide bonds. The number of halogens is 4. The van der Waals surface area contributed by atoms with Crippen molar-refractivity contribution in [3.63, 3.8) is 0 Å². The molecular formula is C22H19F4N3O. The number of aryl methyl sites for hydroxylation is 1. The van der Waals surface area contributed by atoms with Gasteiger partial charge in [-0.25, -0.2) is 17.6 Å². The SMILES string of the molecule is Cc1[nH]nc(C#N)c1-c1cc(CC(F)F)cc(OCc2ccc(C(C)(F)F)cc2)c1. The lowest BCUT2D eigenvalue weighted by molar-refractivity contribution is 0.0174. The van der Waals surface area contributed by atoms with E-state index in [0.717, 1.165) is 6.92 Å². The monoisotopic (exact) mass is 417 g/mol. The Morgan fingerprint density at radius 1 is 1.13 bits per heavy atom. The normalized spacial score (nSPS) is 11.5. The maximum atomic E-state index is 13.3. The maximum Gasteiger partial charge on any atom is 0.270 e. The second-order valence-corrected chi connectivity index (χ2v) is 7.02. The van der Waals surface area contributed by atoms with Gasteiger partial charge in [-0.2, -0.15) is 10.4 Å². The Morgan fingerprint density at radius 2 is 1.83 bits per heavy atom. The Balaban J connectivity index is 1.88. The highest BCUT2D eigenvalue weighted by atomic mass is 19.3. The van der Waals surface area contributed by atoms with E-state index in [0.29, 0.717) is 33.7 Å². The average molecular weight is 417 g/mol. The van der Waals surface area contributed by atoms with Crippen LogP contribution in [0.4, 0.5) is 17.6 Å². The Morgan fingerprint density at radius 3 is 2.43 bits per heavy atom. The topological polar surface area (TPSA) is 61.7 Å². The van der Waals surface area contributed by atoms with E-state index >= 15 is 0 Å². The quantitative estimate of drug-likeness (QED) is 0.498. The molecule has 1 heterocycles. The van der Waals surface area contributed by atoms with E-state index in [2.05, 4.69) is 10.2 Å². The van der Waals surface area contributed by atoms with Crippen molar-refractivity contribution in [3.05, 3.63) is 70.5 Å². The molecule has 0 unspecified atom stereocenters. The van der Waals surface area contributed by atoms with E-state index in [9.17, 15) is 22.8 Å². The van der Waals surface area contributed by atoms with E-state index in [1.165, 1.54) is 30.3 Å². The average Bonchev–Trinajstić information content (AvgIpc) is 3.06. The molecule has 30 heavy (non-hydrogen) atoms. The predicted molar refractivity (Wildman–Crippen MR) is 104 cm³/mol. The zero-order valence-electron chi connectivity index (χ0n) is 16.3. The first-order chi connectivity index (χ1) is 14.2. The number of nitrogens with one attached hydrogen (secondary N) is 1. The molecule has 8 heteroatoms. The molecule has 0 spiro atoms. The summed E-state index contributed by atoms with van der Waals surface area (Å²) in [4.78, 5) is 0. The molecule has 0 aliphatic carbocycles. The molecule has 2 aromatic carbocycles. The van der Waals surface area contributed by atoms with Crippen LogP contribution in [0.3, 0.4) is 0 Å². The van der Waals surface area contributed by atoms with Gasteiger partial charge in [-0.3, -0.25) is 5.10 Å². The van der Waals surface area contributed by atoms with Gasteiger partial charge >= 0.3 is 0 Å². The fourth-order valence-corrected chi connectivity index (χ4v) is 3.11. The van der Waals surface area contributed by atoms with Gasteiger partial charge in [0.2, 0.25) is 6.43 Å². The van der Waals surface area contributed by atoms with Gasteiger partial charge in [-0.15, -0.1) is 0 Å². The lowest BCUT2D eigenvalue weighted by Crippen LogP contribution is -2.07. The molecule has 0 radical (unpaired) electrons. The third-order valence-electron chi connectivity index (χ3n) is 4.56. The van der Waals surface area contributed by atoms with Crippen molar-refractivity contribution in [2.24, 2.45) is 0 Å². The van der Waals surface area contributed by atoms with Gasteiger partial charge in [0.05, 0.1) is 0 Å². The van der Waals surface area contributed by atoms with Gasteiger partial charge in [0.1, 0.15) is 18.4 Å². The van der Waals surface area contributed by atoms with Crippen LogP contribution in [0.1, 0.15) is 35.0 Å². The molecule has 0 saturated carbocycles. The van der Waals surface area contributed by atoms with Crippen LogP contribution in [0.15, 0.2) is 42.5 Å². The molecule has 4 nitrogen and oxygen atoms in total. The number of aromatic nitrogens is 2. The molecule has 0 aliphatic rings. The predicted octanol–water partition coefficient (Wildman–Crippen LogP) is 5.76. The highest BCUT2D eigenvalue weighted by Gasteiger charge is 2.23. The fourth-order valence-electron chi connectivity index (χ4n) is 3.11. The molecule has 3 rings (SSSR count). The van der Waals surface area contributed by atoms with Crippen molar-refractivity contribution in [3.8, 4) is 22.9 Å². The van der Waals surface area contributed by atoms with Crippen molar-refractivity contribution >= 4 is 0 Å². The standard InChI is InChI=1S/C22H19F4N3O/c1-13-21(19(11-27)29-28-13)16-7-15(9-20(23)24)8-18(10-16)30-12-14-3-5-17(6-4-14)22(2,25)26/h3-8,10,20H,9,12H2,1-2H3,(H,28,29). The van der Waals surface area contributed by atoms with E-state index in [-0.39, 0.29) is 17.9 Å². The summed E-state index contributed by atoms with van der Waals surface area (Å²) in [6, 6.07) is 12.4. The summed E-state index contributed by atoms with van der Waals surface area (Å²) >= 11 is 0. The van der Waals surface area contributed by atoms with E-state index in [4.69, 9.17) is 4.74 Å². The third-order valence-corrected chi connectivity index (χ3v) is 4.56. The van der Waals surface area contributed by atoms with E-state index in [1.807, 2.05) is 6.07 Å². The summed E-state index contributed by atoms with van der Waals surface area (Å²) in [7, 11) is 0. The lowest BCUT2D eigenvalue weighted by atomic mass is 9.99. The number of alkyl halides is 4. The molecular weight excluding hydrogens is 398 g/mol. The van der Waals surface area contributed by atoms with Gasteiger partial charge in [-0.1, -0.05) is 30.3 Å². The Kier molecular flexibility index (Phi) is 6.11. The molecule has 0 fully saturated rings.